The van der Waals surface area contributed by atoms with Gasteiger partial charge in [-0.05, 0) is 40.5 Å². The molecule has 0 radical (unpaired) electrons. The molecule has 1 fully saturated rings. The molecule has 31 heavy (non-hydrogen) atoms. The second kappa shape index (κ2) is 6.26. The lowest BCUT2D eigenvalue weighted by molar-refractivity contribution is -0.122. The van der Waals surface area contributed by atoms with E-state index in [2.05, 4.69) is 15.9 Å². The van der Waals surface area contributed by atoms with Crippen LogP contribution in [0.25, 0.3) is 0 Å². The van der Waals surface area contributed by atoms with Crippen molar-refractivity contribution in [2.75, 3.05) is 10.1 Å². The van der Waals surface area contributed by atoms with Gasteiger partial charge in [0, 0.05) is 5.92 Å². The SMILES string of the molecule is O=C1[C@@H]2[C@@H](C(=O)N1c1cccc(N([O-])O)c1)C1c3ccccc3C2(Br)c2ccccc21. The van der Waals surface area contributed by atoms with E-state index in [0.29, 0.717) is 0 Å². The van der Waals surface area contributed by atoms with Gasteiger partial charge in [-0.15, -0.1) is 0 Å². The van der Waals surface area contributed by atoms with E-state index in [1.807, 2.05) is 48.5 Å². The molecule has 1 saturated heterocycles. The van der Waals surface area contributed by atoms with Crippen LogP contribution in [-0.2, 0) is 13.9 Å². The normalized spacial score (nSPS) is 27.7. The van der Waals surface area contributed by atoms with Crippen molar-refractivity contribution in [3.63, 3.8) is 0 Å². The van der Waals surface area contributed by atoms with Crippen LogP contribution in [0.1, 0.15) is 28.2 Å². The molecule has 0 saturated carbocycles. The Morgan fingerprint density at radius 3 is 2.13 bits per heavy atom. The Balaban J connectivity index is 1.58. The van der Waals surface area contributed by atoms with Crippen molar-refractivity contribution in [1.82, 2.24) is 0 Å². The van der Waals surface area contributed by atoms with Gasteiger partial charge in [0.1, 0.15) is 0 Å². The zero-order chi connectivity index (χ0) is 21.5. The fourth-order valence-electron chi connectivity index (χ4n) is 5.68. The van der Waals surface area contributed by atoms with Crippen molar-refractivity contribution in [3.05, 3.63) is 100 Å². The Morgan fingerprint density at radius 2 is 1.52 bits per heavy atom. The van der Waals surface area contributed by atoms with Gasteiger partial charge < -0.3 is 10.4 Å². The Hall–Kier alpha value is -3.00. The van der Waals surface area contributed by atoms with Crippen molar-refractivity contribution < 1.29 is 14.8 Å². The molecule has 1 aliphatic heterocycles. The molecule has 2 bridgehead atoms. The van der Waals surface area contributed by atoms with E-state index < -0.39 is 16.2 Å². The topological polar surface area (TPSA) is 83.9 Å². The van der Waals surface area contributed by atoms with Crippen molar-refractivity contribution in [2.24, 2.45) is 11.8 Å². The maximum absolute atomic E-state index is 13.8. The molecule has 0 aromatic heterocycles. The number of nitrogens with zero attached hydrogens (tertiary/aromatic N) is 2. The number of carbonyl (C=O) groups is 2. The minimum atomic E-state index is -0.819. The molecule has 3 aromatic rings. The second-order valence-corrected chi connectivity index (χ2v) is 9.42. The van der Waals surface area contributed by atoms with Crippen LogP contribution in [0.3, 0.4) is 0 Å². The van der Waals surface area contributed by atoms with E-state index in [1.54, 1.807) is 6.07 Å². The zero-order valence-corrected chi connectivity index (χ0v) is 17.7. The first kappa shape index (κ1) is 18.7. The molecule has 4 aliphatic rings. The minimum Gasteiger partial charge on any atom is -0.733 e. The molecular weight excluding hydrogens is 460 g/mol. The summed E-state index contributed by atoms with van der Waals surface area (Å²) in [7, 11) is 0. The van der Waals surface area contributed by atoms with Crippen LogP contribution in [0.2, 0.25) is 0 Å². The third-order valence-electron chi connectivity index (χ3n) is 6.82. The maximum Gasteiger partial charge on any atom is 0.239 e. The third-order valence-corrected chi connectivity index (χ3v) is 8.17. The second-order valence-electron chi connectivity index (χ2n) is 8.17. The van der Waals surface area contributed by atoms with Crippen LogP contribution < -0.4 is 10.1 Å². The molecule has 1 N–H and O–H groups in total. The lowest BCUT2D eigenvalue weighted by atomic mass is 9.55. The molecule has 7 heteroatoms. The molecule has 3 aliphatic carbocycles. The summed E-state index contributed by atoms with van der Waals surface area (Å²) in [4.78, 5) is 28.7. The van der Waals surface area contributed by atoms with Crippen molar-refractivity contribution >= 4 is 39.1 Å². The van der Waals surface area contributed by atoms with Crippen LogP contribution in [0, 0.1) is 17.0 Å². The number of carbonyl (C=O) groups excluding carboxylic acids is 2. The minimum absolute atomic E-state index is 0.0453. The standard InChI is InChI=1S/C24H16BrN2O4/c25-24-17-10-3-1-8-15(17)19(16-9-2-4-11-18(16)24)20-21(24)23(29)26(22(20)28)13-6-5-7-14(12-13)27(30)31/h1-12,19-21,30H/q-1/t19?,20-,21-,24?/m0/s1. The van der Waals surface area contributed by atoms with Gasteiger partial charge in [0.2, 0.25) is 11.8 Å². The highest BCUT2D eigenvalue weighted by Gasteiger charge is 2.67. The molecule has 2 amide bonds. The van der Waals surface area contributed by atoms with Gasteiger partial charge >= 0.3 is 0 Å². The number of anilines is 2. The molecular formula is C24H16BrN2O4-. The number of amides is 2. The Labute approximate surface area is 186 Å². The highest BCUT2D eigenvalue weighted by molar-refractivity contribution is 9.09. The molecule has 0 spiro atoms. The first-order valence-electron chi connectivity index (χ1n) is 9.96. The maximum atomic E-state index is 13.8. The van der Waals surface area contributed by atoms with E-state index in [1.165, 1.54) is 23.1 Å². The van der Waals surface area contributed by atoms with Gasteiger partial charge in [0.15, 0.2) is 0 Å². The molecule has 6 nitrogen and oxygen atoms in total. The van der Waals surface area contributed by atoms with Gasteiger partial charge in [-0.25, -0.2) is 4.90 Å². The fraction of sp³-hybridized carbons (Fsp3) is 0.167. The average Bonchev–Trinajstić information content (AvgIpc) is 3.06. The molecule has 1 heterocycles. The highest BCUT2D eigenvalue weighted by Crippen LogP contribution is 2.66. The van der Waals surface area contributed by atoms with E-state index in [4.69, 9.17) is 0 Å². The molecule has 154 valence electrons. The molecule has 2 atom stereocenters. The van der Waals surface area contributed by atoms with E-state index in [0.717, 1.165) is 22.3 Å². The van der Waals surface area contributed by atoms with E-state index in [9.17, 15) is 20.0 Å². The van der Waals surface area contributed by atoms with Crippen molar-refractivity contribution in [2.45, 2.75) is 10.2 Å². The average molecular weight is 476 g/mol. The Kier molecular flexibility index (Phi) is 3.78. The first-order valence-corrected chi connectivity index (χ1v) is 10.8. The largest absolute Gasteiger partial charge is 0.733 e. The summed E-state index contributed by atoms with van der Waals surface area (Å²) in [6.45, 7) is 0. The van der Waals surface area contributed by atoms with Crippen molar-refractivity contribution in [3.8, 4) is 0 Å². The van der Waals surface area contributed by atoms with Crippen LogP contribution in [-0.4, -0.2) is 17.0 Å². The quantitative estimate of drug-likeness (QED) is 0.339. The Morgan fingerprint density at radius 1 is 0.903 bits per heavy atom. The predicted molar refractivity (Wildman–Crippen MR) is 118 cm³/mol. The predicted octanol–water partition coefficient (Wildman–Crippen LogP) is 4.28. The van der Waals surface area contributed by atoms with Crippen LogP contribution in [0.5, 0.6) is 0 Å². The van der Waals surface area contributed by atoms with Gasteiger partial charge in [-0.1, -0.05) is 70.5 Å². The summed E-state index contributed by atoms with van der Waals surface area (Å²) in [6, 6.07) is 21.8. The summed E-state index contributed by atoms with van der Waals surface area (Å²) in [5.74, 6) is -2.00. The number of hydrogen-bond donors (Lipinski definition) is 1. The monoisotopic (exact) mass is 475 g/mol. The first-order chi connectivity index (χ1) is 14.9. The summed E-state index contributed by atoms with van der Waals surface area (Å²) in [6.07, 6.45) is 0. The number of halogens is 1. The summed E-state index contributed by atoms with van der Waals surface area (Å²) in [5, 5.41) is 20.4. The van der Waals surface area contributed by atoms with Gasteiger partial charge in [0.05, 0.1) is 27.5 Å². The van der Waals surface area contributed by atoms with Gasteiger partial charge in [-0.2, -0.15) is 0 Å². The Bertz CT molecular complexity index is 1230. The number of benzene rings is 3. The summed E-state index contributed by atoms with van der Waals surface area (Å²) in [5.41, 5.74) is 4.36. The van der Waals surface area contributed by atoms with Crippen LogP contribution >= 0.6 is 15.9 Å². The fourth-order valence-corrected chi connectivity index (χ4v) is 6.89. The van der Waals surface area contributed by atoms with Crippen LogP contribution in [0.15, 0.2) is 72.8 Å². The van der Waals surface area contributed by atoms with Crippen molar-refractivity contribution in [1.29, 1.82) is 0 Å². The summed E-state index contributed by atoms with van der Waals surface area (Å²) >= 11 is 3.95. The number of alkyl halides is 1. The number of hydrogen-bond acceptors (Lipinski definition) is 5. The zero-order valence-electron chi connectivity index (χ0n) is 16.1. The van der Waals surface area contributed by atoms with E-state index in [-0.39, 0.29) is 34.3 Å². The third kappa shape index (κ3) is 2.23. The highest BCUT2D eigenvalue weighted by atomic mass is 79.9. The summed E-state index contributed by atoms with van der Waals surface area (Å²) < 4.78 is -0.819. The van der Waals surface area contributed by atoms with Crippen LogP contribution in [0.4, 0.5) is 11.4 Å². The van der Waals surface area contributed by atoms with E-state index >= 15 is 0 Å². The lowest BCUT2D eigenvalue weighted by Gasteiger charge is -2.51. The lowest BCUT2D eigenvalue weighted by Crippen LogP contribution is -2.50. The molecule has 0 unspecified atom stereocenters. The smallest absolute Gasteiger partial charge is 0.239 e. The number of imide groups is 1. The number of rotatable bonds is 2. The molecule has 7 rings (SSSR count). The molecule has 3 aromatic carbocycles. The van der Waals surface area contributed by atoms with Gasteiger partial charge in [0.25, 0.3) is 0 Å². The van der Waals surface area contributed by atoms with Gasteiger partial charge in [-0.3, -0.25) is 14.8 Å².